The summed E-state index contributed by atoms with van der Waals surface area (Å²) in [6.45, 7) is 2.59. The van der Waals surface area contributed by atoms with Gasteiger partial charge in [-0.25, -0.2) is 9.78 Å². The van der Waals surface area contributed by atoms with E-state index >= 15 is 0 Å². The molecular weight excluding hydrogens is 360 g/mol. The van der Waals surface area contributed by atoms with Crippen LogP contribution in [-0.4, -0.2) is 37.8 Å². The van der Waals surface area contributed by atoms with Crippen LogP contribution >= 0.6 is 0 Å². The van der Waals surface area contributed by atoms with E-state index in [1.807, 2.05) is 30.3 Å². The number of amides is 1. The van der Waals surface area contributed by atoms with E-state index in [4.69, 9.17) is 13.3 Å². The minimum absolute atomic E-state index is 0.189. The van der Waals surface area contributed by atoms with Gasteiger partial charge in [0.15, 0.2) is 5.60 Å². The number of rotatable bonds is 6. The molecule has 0 radical (unpaired) electrons. The Morgan fingerprint density at radius 1 is 1.46 bits per heavy atom. The second-order valence-corrected chi connectivity index (χ2v) is 6.82. The molecule has 1 amide bonds. The topological polar surface area (TPSA) is 102 Å². The molecule has 2 aromatic rings. The third-order valence-corrected chi connectivity index (χ3v) is 5.02. The number of benzene rings is 1. The van der Waals surface area contributed by atoms with Gasteiger partial charge in [-0.05, 0) is 18.9 Å². The summed E-state index contributed by atoms with van der Waals surface area (Å²) in [5, 5.41) is 0. The molecule has 3 atom stereocenters. The number of hydrogen-bond acceptors (Lipinski definition) is 6. The van der Waals surface area contributed by atoms with Gasteiger partial charge in [-0.1, -0.05) is 30.3 Å². The Bertz CT molecular complexity index is 754. The van der Waals surface area contributed by atoms with Gasteiger partial charge < -0.3 is 14.1 Å². The molecule has 9 heteroatoms. The number of oxazole rings is 1. The van der Waals surface area contributed by atoms with E-state index in [-0.39, 0.29) is 18.4 Å². The number of aromatic nitrogens is 1. The lowest BCUT2D eigenvalue weighted by molar-refractivity contribution is 0.00428. The van der Waals surface area contributed by atoms with Gasteiger partial charge in [0, 0.05) is 19.0 Å². The molecule has 3 unspecified atom stereocenters. The van der Waals surface area contributed by atoms with Crippen molar-refractivity contribution < 1.29 is 26.9 Å². The Morgan fingerprint density at radius 3 is 2.88 bits per heavy atom. The fourth-order valence-electron chi connectivity index (χ4n) is 3.08. The standard InChI is InChI=1S/C17H20N2O6S/c1-17(25-26(21)22,15-18-8-10-23-15)14-7-9-19(11-14)16(20)24-12-13-5-3-2-4-6-13/h2-6,8,10,14H,7,9,11-12H2,1H3,(H,21,22). The Morgan fingerprint density at radius 2 is 2.23 bits per heavy atom. The molecule has 3 rings (SSSR count). The zero-order chi connectivity index (χ0) is 18.6. The quantitative estimate of drug-likeness (QED) is 0.769. The van der Waals surface area contributed by atoms with Crippen molar-refractivity contribution >= 4 is 17.5 Å². The maximum atomic E-state index is 12.3. The van der Waals surface area contributed by atoms with Crippen molar-refractivity contribution in [1.29, 1.82) is 0 Å². The molecule has 26 heavy (non-hydrogen) atoms. The number of likely N-dealkylation sites (tertiary alicyclic amines) is 1. The van der Waals surface area contributed by atoms with Crippen molar-refractivity contribution in [1.82, 2.24) is 9.88 Å². The van der Waals surface area contributed by atoms with Crippen LogP contribution in [0.25, 0.3) is 0 Å². The Kier molecular flexibility index (Phi) is 5.70. The molecule has 2 heterocycles. The molecule has 1 N–H and O–H groups in total. The van der Waals surface area contributed by atoms with Crippen molar-refractivity contribution in [2.45, 2.75) is 25.6 Å². The zero-order valence-corrected chi connectivity index (χ0v) is 15.1. The van der Waals surface area contributed by atoms with E-state index in [2.05, 4.69) is 4.98 Å². The predicted octanol–water partition coefficient (Wildman–Crippen LogP) is 2.70. The molecule has 1 aromatic carbocycles. The highest BCUT2D eigenvalue weighted by Gasteiger charge is 2.47. The lowest BCUT2D eigenvalue weighted by Gasteiger charge is -2.30. The van der Waals surface area contributed by atoms with E-state index in [0.29, 0.717) is 19.5 Å². The first-order valence-electron chi connectivity index (χ1n) is 8.15. The lowest BCUT2D eigenvalue weighted by atomic mass is 9.88. The first-order valence-corrected chi connectivity index (χ1v) is 9.18. The summed E-state index contributed by atoms with van der Waals surface area (Å²) in [7, 11) is 0. The molecule has 0 bridgehead atoms. The van der Waals surface area contributed by atoms with E-state index in [9.17, 15) is 13.6 Å². The van der Waals surface area contributed by atoms with Crippen LogP contribution in [0.3, 0.4) is 0 Å². The van der Waals surface area contributed by atoms with Crippen LogP contribution in [0, 0.1) is 5.92 Å². The summed E-state index contributed by atoms with van der Waals surface area (Å²) in [5.41, 5.74) is -0.322. The molecule has 1 fully saturated rings. The first-order chi connectivity index (χ1) is 12.5. The second kappa shape index (κ2) is 7.98. The lowest BCUT2D eigenvalue weighted by Crippen LogP contribution is -2.39. The van der Waals surface area contributed by atoms with Crippen LogP contribution in [0.5, 0.6) is 0 Å². The molecule has 1 aliphatic rings. The Hall–Kier alpha value is -2.23. The monoisotopic (exact) mass is 380 g/mol. The van der Waals surface area contributed by atoms with Gasteiger partial charge in [-0.15, -0.1) is 0 Å². The van der Waals surface area contributed by atoms with Gasteiger partial charge in [0.1, 0.15) is 12.9 Å². The Labute approximate surface area is 153 Å². The molecule has 1 aliphatic heterocycles. The van der Waals surface area contributed by atoms with Gasteiger partial charge >= 0.3 is 17.5 Å². The van der Waals surface area contributed by atoms with Gasteiger partial charge in [0.05, 0.1) is 6.20 Å². The molecule has 1 aromatic heterocycles. The third-order valence-electron chi connectivity index (χ3n) is 4.53. The van der Waals surface area contributed by atoms with Crippen LogP contribution in [0.4, 0.5) is 4.79 Å². The fourth-order valence-corrected chi connectivity index (χ4v) is 3.58. The van der Waals surface area contributed by atoms with Gasteiger partial charge in [0.2, 0.25) is 5.89 Å². The highest BCUT2D eigenvalue weighted by Crippen LogP contribution is 2.39. The number of carbonyl (C=O) groups excluding carboxylic acids is 1. The number of carbonyl (C=O) groups is 1. The minimum Gasteiger partial charge on any atom is -0.446 e. The molecule has 0 aliphatic carbocycles. The van der Waals surface area contributed by atoms with Gasteiger partial charge in [-0.3, -0.25) is 8.74 Å². The van der Waals surface area contributed by atoms with Crippen molar-refractivity contribution in [3.05, 3.63) is 54.2 Å². The van der Waals surface area contributed by atoms with Crippen molar-refractivity contribution in [2.75, 3.05) is 13.1 Å². The van der Waals surface area contributed by atoms with Crippen LogP contribution in [0.1, 0.15) is 24.8 Å². The number of nitrogens with zero attached hydrogens (tertiary/aromatic N) is 2. The van der Waals surface area contributed by atoms with Crippen LogP contribution < -0.4 is 0 Å². The van der Waals surface area contributed by atoms with Gasteiger partial charge in [-0.2, -0.15) is 4.21 Å². The summed E-state index contributed by atoms with van der Waals surface area (Å²) >= 11 is -2.50. The normalized spacial score (nSPS) is 20.5. The average Bonchev–Trinajstić information content (AvgIpc) is 3.32. The third kappa shape index (κ3) is 4.12. The summed E-state index contributed by atoms with van der Waals surface area (Å²) in [6, 6.07) is 9.41. The highest BCUT2D eigenvalue weighted by atomic mass is 32.2. The van der Waals surface area contributed by atoms with Crippen molar-refractivity contribution in [2.24, 2.45) is 5.92 Å². The molecular formula is C17H20N2O6S. The first kappa shape index (κ1) is 18.6. The predicted molar refractivity (Wildman–Crippen MR) is 92.0 cm³/mol. The van der Waals surface area contributed by atoms with Crippen LogP contribution in [0.15, 0.2) is 47.2 Å². The summed E-state index contributed by atoms with van der Waals surface area (Å²) in [5.74, 6) is -0.0640. The summed E-state index contributed by atoms with van der Waals surface area (Å²) in [4.78, 5) is 17.9. The molecule has 1 saturated heterocycles. The summed E-state index contributed by atoms with van der Waals surface area (Å²) in [6.07, 6.45) is 2.95. The smallest absolute Gasteiger partial charge is 0.410 e. The molecule has 8 nitrogen and oxygen atoms in total. The summed E-state index contributed by atoms with van der Waals surface area (Å²) < 4.78 is 36.3. The van der Waals surface area contributed by atoms with E-state index < -0.39 is 23.1 Å². The fraction of sp³-hybridized carbons (Fsp3) is 0.412. The van der Waals surface area contributed by atoms with Crippen LogP contribution in [0.2, 0.25) is 0 Å². The van der Waals surface area contributed by atoms with Gasteiger partial charge in [0.25, 0.3) is 0 Å². The Balaban J connectivity index is 1.64. The number of hydrogen-bond donors (Lipinski definition) is 1. The minimum atomic E-state index is -2.50. The molecule has 0 spiro atoms. The SMILES string of the molecule is CC(OS(=O)O)(c1ncco1)C1CCN(C(=O)OCc2ccccc2)C1. The number of ether oxygens (including phenoxy) is 1. The van der Waals surface area contributed by atoms with E-state index in [0.717, 1.165) is 5.56 Å². The van der Waals surface area contributed by atoms with Crippen molar-refractivity contribution in [3.8, 4) is 0 Å². The maximum Gasteiger partial charge on any atom is 0.410 e. The van der Waals surface area contributed by atoms with Crippen LogP contribution in [-0.2, 0) is 32.5 Å². The molecule has 140 valence electrons. The maximum absolute atomic E-state index is 12.3. The van der Waals surface area contributed by atoms with E-state index in [1.165, 1.54) is 12.5 Å². The van der Waals surface area contributed by atoms with E-state index in [1.54, 1.807) is 11.8 Å². The largest absolute Gasteiger partial charge is 0.446 e. The zero-order valence-electron chi connectivity index (χ0n) is 14.2. The van der Waals surface area contributed by atoms with Crippen molar-refractivity contribution in [3.63, 3.8) is 0 Å². The highest BCUT2D eigenvalue weighted by molar-refractivity contribution is 7.74. The molecule has 0 saturated carbocycles. The average molecular weight is 380 g/mol. The second-order valence-electron chi connectivity index (χ2n) is 6.22.